The third kappa shape index (κ3) is 3.14. The molecule has 2 rings (SSSR count). The van der Waals surface area contributed by atoms with Crippen molar-refractivity contribution in [2.24, 2.45) is 0 Å². The predicted octanol–water partition coefficient (Wildman–Crippen LogP) is 4.63. The minimum atomic E-state index is -0.710. The Balaban J connectivity index is 2.28. The first-order valence-electron chi connectivity index (χ1n) is 5.52. The highest BCUT2D eigenvalue weighted by molar-refractivity contribution is 9.08. The van der Waals surface area contributed by atoms with Crippen LogP contribution >= 0.6 is 27.5 Å². The third-order valence-corrected chi connectivity index (χ3v) is 3.50. The van der Waals surface area contributed by atoms with E-state index in [2.05, 4.69) is 21.2 Å². The molecule has 0 aliphatic heterocycles. The molecular weight excluding hydrogens is 333 g/mol. The number of benzene rings is 2. The Kier molecular flexibility index (Phi) is 4.56. The predicted molar refractivity (Wildman–Crippen MR) is 78.4 cm³/mol. The normalized spacial score (nSPS) is 10.3. The van der Waals surface area contributed by atoms with Gasteiger partial charge >= 0.3 is 0 Å². The maximum atomic E-state index is 13.7. The molecule has 0 fully saturated rings. The number of rotatable bonds is 3. The summed E-state index contributed by atoms with van der Waals surface area (Å²) < 4.78 is 13.7. The SMILES string of the molecule is O=C(Nc1ccccc1CBr)c1cccc(Cl)c1F. The molecule has 19 heavy (non-hydrogen) atoms. The topological polar surface area (TPSA) is 29.1 Å². The molecule has 5 heteroatoms. The van der Waals surface area contributed by atoms with Gasteiger partial charge in [-0.15, -0.1) is 0 Å². The summed E-state index contributed by atoms with van der Waals surface area (Å²) in [5, 5.41) is 3.21. The summed E-state index contributed by atoms with van der Waals surface area (Å²) in [5.41, 5.74) is 1.49. The Bertz CT molecular complexity index is 618. The number of amides is 1. The van der Waals surface area contributed by atoms with Crippen molar-refractivity contribution in [2.75, 3.05) is 5.32 Å². The lowest BCUT2D eigenvalue weighted by atomic mass is 10.1. The first kappa shape index (κ1) is 14.0. The number of alkyl halides is 1. The molecule has 98 valence electrons. The van der Waals surface area contributed by atoms with E-state index in [1.807, 2.05) is 12.1 Å². The Labute approximate surface area is 123 Å². The number of anilines is 1. The van der Waals surface area contributed by atoms with Crippen LogP contribution in [0.25, 0.3) is 0 Å². The zero-order chi connectivity index (χ0) is 13.8. The first-order chi connectivity index (χ1) is 9.13. The largest absolute Gasteiger partial charge is 0.322 e. The van der Waals surface area contributed by atoms with E-state index in [1.54, 1.807) is 12.1 Å². The van der Waals surface area contributed by atoms with Crippen LogP contribution in [-0.2, 0) is 5.33 Å². The Morgan fingerprint density at radius 3 is 2.68 bits per heavy atom. The van der Waals surface area contributed by atoms with E-state index in [0.717, 1.165) is 5.56 Å². The molecule has 0 radical (unpaired) electrons. The molecule has 1 N–H and O–H groups in total. The highest BCUT2D eigenvalue weighted by atomic mass is 79.9. The molecule has 0 aliphatic rings. The molecule has 0 bridgehead atoms. The van der Waals surface area contributed by atoms with Crippen molar-refractivity contribution in [2.45, 2.75) is 5.33 Å². The second kappa shape index (κ2) is 6.17. The number of carbonyl (C=O) groups excluding carboxylic acids is 1. The number of hydrogen-bond acceptors (Lipinski definition) is 1. The summed E-state index contributed by atoms with van der Waals surface area (Å²) in [6.45, 7) is 0. The van der Waals surface area contributed by atoms with Crippen LogP contribution in [-0.4, -0.2) is 5.91 Å². The number of halogens is 3. The van der Waals surface area contributed by atoms with Gasteiger partial charge in [0.2, 0.25) is 0 Å². The summed E-state index contributed by atoms with van der Waals surface area (Å²) in [7, 11) is 0. The maximum Gasteiger partial charge on any atom is 0.258 e. The van der Waals surface area contributed by atoms with Crippen LogP contribution in [0.2, 0.25) is 5.02 Å². The average molecular weight is 343 g/mol. The molecule has 0 aromatic heterocycles. The minimum absolute atomic E-state index is 0.0681. The molecule has 0 saturated heterocycles. The van der Waals surface area contributed by atoms with Gasteiger partial charge in [-0.25, -0.2) is 4.39 Å². The molecule has 0 saturated carbocycles. The van der Waals surface area contributed by atoms with E-state index in [-0.39, 0.29) is 10.6 Å². The van der Waals surface area contributed by atoms with Crippen molar-refractivity contribution < 1.29 is 9.18 Å². The quantitative estimate of drug-likeness (QED) is 0.810. The highest BCUT2D eigenvalue weighted by Crippen LogP contribution is 2.21. The molecule has 2 aromatic rings. The summed E-state index contributed by atoms with van der Waals surface area (Å²) in [6, 6.07) is 11.6. The zero-order valence-electron chi connectivity index (χ0n) is 9.79. The van der Waals surface area contributed by atoms with Crippen molar-refractivity contribution in [3.05, 3.63) is 64.4 Å². The van der Waals surface area contributed by atoms with E-state index in [4.69, 9.17) is 11.6 Å². The minimum Gasteiger partial charge on any atom is -0.322 e. The molecule has 1 amide bonds. The second-order valence-corrected chi connectivity index (χ2v) is 4.81. The number of carbonyl (C=O) groups is 1. The smallest absolute Gasteiger partial charge is 0.258 e. The van der Waals surface area contributed by atoms with E-state index in [9.17, 15) is 9.18 Å². The average Bonchev–Trinajstić information content (AvgIpc) is 2.42. The van der Waals surface area contributed by atoms with Crippen LogP contribution in [0, 0.1) is 5.82 Å². The van der Waals surface area contributed by atoms with E-state index in [1.165, 1.54) is 18.2 Å². The van der Waals surface area contributed by atoms with Crippen LogP contribution < -0.4 is 5.32 Å². The van der Waals surface area contributed by atoms with Crippen molar-refractivity contribution >= 4 is 39.1 Å². The number of hydrogen-bond donors (Lipinski definition) is 1. The monoisotopic (exact) mass is 341 g/mol. The standard InChI is InChI=1S/C14H10BrClFNO/c15-8-9-4-1-2-7-12(9)18-14(19)10-5-3-6-11(16)13(10)17/h1-7H,8H2,(H,18,19). The van der Waals surface area contributed by atoms with Gasteiger partial charge in [0, 0.05) is 11.0 Å². The number of nitrogens with one attached hydrogen (secondary N) is 1. The van der Waals surface area contributed by atoms with Gasteiger partial charge < -0.3 is 5.32 Å². The fourth-order valence-corrected chi connectivity index (χ4v) is 2.29. The Morgan fingerprint density at radius 1 is 1.21 bits per heavy atom. The summed E-state index contributed by atoms with van der Waals surface area (Å²) >= 11 is 8.99. The fraction of sp³-hybridized carbons (Fsp3) is 0.0714. The molecule has 0 unspecified atom stereocenters. The molecular formula is C14H10BrClFNO. The van der Waals surface area contributed by atoms with Crippen molar-refractivity contribution in [3.63, 3.8) is 0 Å². The highest BCUT2D eigenvalue weighted by Gasteiger charge is 2.15. The van der Waals surface area contributed by atoms with Crippen LogP contribution in [0.4, 0.5) is 10.1 Å². The fourth-order valence-electron chi connectivity index (χ4n) is 1.63. The van der Waals surface area contributed by atoms with Crippen LogP contribution in [0.1, 0.15) is 15.9 Å². The van der Waals surface area contributed by atoms with Crippen molar-refractivity contribution in [3.8, 4) is 0 Å². The van der Waals surface area contributed by atoms with E-state index >= 15 is 0 Å². The van der Waals surface area contributed by atoms with Gasteiger partial charge in [0.1, 0.15) is 0 Å². The van der Waals surface area contributed by atoms with E-state index in [0.29, 0.717) is 11.0 Å². The molecule has 2 aromatic carbocycles. The Morgan fingerprint density at radius 2 is 1.95 bits per heavy atom. The summed E-state index contributed by atoms with van der Waals surface area (Å²) in [4.78, 5) is 12.0. The lowest BCUT2D eigenvalue weighted by molar-refractivity contribution is 0.102. The molecule has 0 atom stereocenters. The molecule has 0 heterocycles. The van der Waals surface area contributed by atoms with Crippen LogP contribution in [0.3, 0.4) is 0 Å². The molecule has 0 aliphatic carbocycles. The summed E-state index contributed by atoms with van der Waals surface area (Å²) in [5.74, 6) is -1.23. The Hall–Kier alpha value is -1.39. The van der Waals surface area contributed by atoms with Gasteiger partial charge in [-0.3, -0.25) is 4.79 Å². The lowest BCUT2D eigenvalue weighted by Crippen LogP contribution is -2.14. The van der Waals surface area contributed by atoms with Gasteiger partial charge in [-0.05, 0) is 23.8 Å². The molecule has 2 nitrogen and oxygen atoms in total. The van der Waals surface area contributed by atoms with Gasteiger partial charge in [0.15, 0.2) is 5.82 Å². The van der Waals surface area contributed by atoms with Crippen molar-refractivity contribution in [1.82, 2.24) is 0 Å². The van der Waals surface area contributed by atoms with E-state index < -0.39 is 11.7 Å². The first-order valence-corrected chi connectivity index (χ1v) is 7.02. The second-order valence-electron chi connectivity index (χ2n) is 3.85. The number of para-hydroxylation sites is 1. The third-order valence-electron chi connectivity index (χ3n) is 2.61. The van der Waals surface area contributed by atoms with Gasteiger partial charge in [-0.1, -0.05) is 51.8 Å². The summed E-state index contributed by atoms with van der Waals surface area (Å²) in [6.07, 6.45) is 0. The molecule has 0 spiro atoms. The van der Waals surface area contributed by atoms with Crippen molar-refractivity contribution in [1.29, 1.82) is 0 Å². The van der Waals surface area contributed by atoms with Crippen LogP contribution in [0.15, 0.2) is 42.5 Å². The van der Waals surface area contributed by atoms with Gasteiger partial charge in [-0.2, -0.15) is 0 Å². The van der Waals surface area contributed by atoms with Gasteiger partial charge in [0.25, 0.3) is 5.91 Å². The van der Waals surface area contributed by atoms with Gasteiger partial charge in [0.05, 0.1) is 10.6 Å². The maximum absolute atomic E-state index is 13.7. The zero-order valence-corrected chi connectivity index (χ0v) is 12.1. The van der Waals surface area contributed by atoms with Crippen LogP contribution in [0.5, 0.6) is 0 Å². The lowest BCUT2D eigenvalue weighted by Gasteiger charge is -2.10.